The first-order chi connectivity index (χ1) is 8.66. The second-order valence-electron chi connectivity index (χ2n) is 3.64. The topological polar surface area (TPSA) is 59.3 Å². The lowest BCUT2D eigenvalue weighted by Crippen LogP contribution is -2.23. The van der Waals surface area contributed by atoms with Crippen molar-refractivity contribution >= 4 is 21.8 Å². The number of halogens is 1. The molecule has 0 saturated heterocycles. The maximum atomic E-state index is 11.8. The number of benzene rings is 1. The summed E-state index contributed by atoms with van der Waals surface area (Å²) in [5.41, 5.74) is 0.800. The fourth-order valence-corrected chi connectivity index (χ4v) is 1.74. The molecule has 1 aromatic carbocycles. The Morgan fingerprint density at radius 3 is 2.67 bits per heavy atom. The fourth-order valence-electron chi connectivity index (χ4n) is 1.40. The normalized spacial score (nSPS) is 10.1. The summed E-state index contributed by atoms with van der Waals surface area (Å²) in [6.07, 6.45) is 1.15. The smallest absolute Gasteiger partial charge is 0.350 e. The number of hydrogen-bond donors (Lipinski definition) is 1. The highest BCUT2D eigenvalue weighted by Gasteiger charge is 2.08. The molecular weight excluding hydrogens is 298 g/mol. The average Bonchev–Trinajstić information content (AvgIpc) is 2.40. The van der Waals surface area contributed by atoms with Gasteiger partial charge in [0.15, 0.2) is 0 Å². The zero-order chi connectivity index (χ0) is 13.0. The molecule has 1 heterocycles. The highest BCUT2D eigenvalue weighted by molar-refractivity contribution is 9.10. The van der Waals surface area contributed by atoms with Gasteiger partial charge >= 0.3 is 5.63 Å². The van der Waals surface area contributed by atoms with Crippen molar-refractivity contribution < 1.29 is 9.21 Å². The molecule has 1 amide bonds. The van der Waals surface area contributed by atoms with E-state index in [9.17, 15) is 9.59 Å². The Kier molecular flexibility index (Phi) is 3.94. The first kappa shape index (κ1) is 12.6. The first-order valence-corrected chi connectivity index (χ1v) is 6.06. The number of carbonyl (C=O) groups is 1. The van der Waals surface area contributed by atoms with Gasteiger partial charge in [0.25, 0.3) is 5.91 Å². The van der Waals surface area contributed by atoms with Crippen molar-refractivity contribution in [3.8, 4) is 0 Å². The van der Waals surface area contributed by atoms with Crippen LogP contribution in [0.5, 0.6) is 0 Å². The van der Waals surface area contributed by atoms with Crippen LogP contribution in [-0.4, -0.2) is 5.91 Å². The summed E-state index contributed by atoms with van der Waals surface area (Å²) in [5, 5.41) is 2.74. The summed E-state index contributed by atoms with van der Waals surface area (Å²) >= 11 is 3.02. The second-order valence-corrected chi connectivity index (χ2v) is 4.49. The van der Waals surface area contributed by atoms with Crippen LogP contribution in [0.2, 0.25) is 0 Å². The van der Waals surface area contributed by atoms with E-state index in [1.165, 1.54) is 6.07 Å². The van der Waals surface area contributed by atoms with E-state index in [0.717, 1.165) is 11.8 Å². The third-order valence-electron chi connectivity index (χ3n) is 2.33. The molecule has 2 rings (SSSR count). The molecule has 0 atom stereocenters. The molecule has 0 aliphatic heterocycles. The molecule has 0 aliphatic rings. The summed E-state index contributed by atoms with van der Waals surface area (Å²) in [4.78, 5) is 22.8. The van der Waals surface area contributed by atoms with Gasteiger partial charge in [-0.1, -0.05) is 30.3 Å². The van der Waals surface area contributed by atoms with Crippen molar-refractivity contribution in [2.45, 2.75) is 6.54 Å². The summed E-state index contributed by atoms with van der Waals surface area (Å²) in [6, 6.07) is 11.0. The van der Waals surface area contributed by atoms with E-state index in [1.54, 1.807) is 0 Å². The molecule has 0 unspecified atom stereocenters. The minimum atomic E-state index is -0.505. The molecule has 1 aromatic heterocycles. The van der Waals surface area contributed by atoms with E-state index in [0.29, 0.717) is 12.1 Å². The van der Waals surface area contributed by atoms with Gasteiger partial charge in [-0.15, -0.1) is 0 Å². The number of hydrogen-bond acceptors (Lipinski definition) is 3. The molecule has 92 valence electrons. The monoisotopic (exact) mass is 307 g/mol. The summed E-state index contributed by atoms with van der Waals surface area (Å²) in [6.45, 7) is 0.427. The summed E-state index contributed by atoms with van der Waals surface area (Å²) in [5.74, 6) is -0.289. The van der Waals surface area contributed by atoms with Gasteiger partial charge in [0.1, 0.15) is 10.7 Å². The lowest BCUT2D eigenvalue weighted by Gasteiger charge is -2.04. The third-order valence-corrected chi connectivity index (χ3v) is 2.88. The molecule has 0 spiro atoms. The van der Waals surface area contributed by atoms with Gasteiger partial charge < -0.3 is 9.73 Å². The Morgan fingerprint density at radius 1 is 1.28 bits per heavy atom. The van der Waals surface area contributed by atoms with Crippen LogP contribution in [0.4, 0.5) is 0 Å². The predicted molar refractivity (Wildman–Crippen MR) is 70.3 cm³/mol. The van der Waals surface area contributed by atoms with Crippen molar-refractivity contribution in [1.29, 1.82) is 0 Å². The zero-order valence-electron chi connectivity index (χ0n) is 9.35. The van der Waals surface area contributed by atoms with Crippen LogP contribution in [0.3, 0.4) is 0 Å². The molecule has 0 fully saturated rings. The van der Waals surface area contributed by atoms with E-state index < -0.39 is 5.63 Å². The molecule has 2 aromatic rings. The molecule has 4 nitrogen and oxygen atoms in total. The Labute approximate surface area is 112 Å². The van der Waals surface area contributed by atoms with Gasteiger partial charge in [-0.25, -0.2) is 4.79 Å². The molecule has 1 N–H and O–H groups in total. The van der Waals surface area contributed by atoms with Crippen LogP contribution >= 0.6 is 15.9 Å². The maximum Gasteiger partial charge on any atom is 0.350 e. The Morgan fingerprint density at radius 2 is 2.00 bits per heavy atom. The Hall–Kier alpha value is -1.88. The van der Waals surface area contributed by atoms with Crippen molar-refractivity contribution in [3.63, 3.8) is 0 Å². The second kappa shape index (κ2) is 5.64. The van der Waals surface area contributed by atoms with Gasteiger partial charge in [0, 0.05) is 6.54 Å². The molecule has 5 heteroatoms. The van der Waals surface area contributed by atoms with Crippen molar-refractivity contribution in [3.05, 3.63) is 68.7 Å². The molecule has 0 aliphatic carbocycles. The van der Waals surface area contributed by atoms with Crippen LogP contribution in [-0.2, 0) is 6.54 Å². The number of carbonyl (C=O) groups excluding carboxylic acids is 1. The van der Waals surface area contributed by atoms with Crippen molar-refractivity contribution in [1.82, 2.24) is 5.32 Å². The number of nitrogens with one attached hydrogen (secondary N) is 1. The lowest BCUT2D eigenvalue weighted by molar-refractivity contribution is 0.0948. The molecule has 0 saturated carbocycles. The average molecular weight is 308 g/mol. The van der Waals surface area contributed by atoms with Gasteiger partial charge in [-0.2, -0.15) is 0 Å². The Balaban J connectivity index is 2.04. The minimum Gasteiger partial charge on any atom is -0.430 e. The van der Waals surface area contributed by atoms with E-state index in [-0.39, 0.29) is 10.4 Å². The first-order valence-electron chi connectivity index (χ1n) is 5.27. The van der Waals surface area contributed by atoms with Crippen LogP contribution < -0.4 is 10.9 Å². The maximum absolute atomic E-state index is 11.8. The van der Waals surface area contributed by atoms with Crippen molar-refractivity contribution in [2.24, 2.45) is 0 Å². The minimum absolute atomic E-state index is 0.231. The quantitative estimate of drug-likeness (QED) is 0.947. The fraction of sp³-hybridized carbons (Fsp3) is 0.0769. The van der Waals surface area contributed by atoms with Crippen LogP contribution in [0.1, 0.15) is 15.9 Å². The highest BCUT2D eigenvalue weighted by atomic mass is 79.9. The van der Waals surface area contributed by atoms with Gasteiger partial charge in [-0.3, -0.25) is 4.79 Å². The van der Waals surface area contributed by atoms with Gasteiger partial charge in [0.05, 0.1) is 5.56 Å². The standard InChI is InChI=1S/C13H10BrNO3/c14-11-6-10(8-18-13(11)17)12(16)15-7-9-4-2-1-3-5-9/h1-6,8H,7H2,(H,15,16). The molecule has 0 radical (unpaired) electrons. The molecule has 18 heavy (non-hydrogen) atoms. The molecular formula is C13H10BrNO3. The van der Waals surface area contributed by atoms with Crippen LogP contribution in [0, 0.1) is 0 Å². The summed E-state index contributed by atoms with van der Waals surface area (Å²) in [7, 11) is 0. The third kappa shape index (κ3) is 3.07. The van der Waals surface area contributed by atoms with E-state index in [4.69, 9.17) is 4.42 Å². The SMILES string of the molecule is O=C(NCc1ccccc1)c1coc(=O)c(Br)c1. The van der Waals surface area contributed by atoms with Crippen LogP contribution in [0.15, 0.2) is 56.3 Å². The van der Waals surface area contributed by atoms with Gasteiger partial charge in [0.2, 0.25) is 0 Å². The number of rotatable bonds is 3. The Bertz CT molecular complexity index is 607. The zero-order valence-corrected chi connectivity index (χ0v) is 10.9. The van der Waals surface area contributed by atoms with Crippen LogP contribution in [0.25, 0.3) is 0 Å². The predicted octanol–water partition coefficient (Wildman–Crippen LogP) is 2.33. The van der Waals surface area contributed by atoms with Gasteiger partial charge in [-0.05, 0) is 27.6 Å². The largest absolute Gasteiger partial charge is 0.430 e. The van der Waals surface area contributed by atoms with E-state index >= 15 is 0 Å². The number of amides is 1. The highest BCUT2D eigenvalue weighted by Crippen LogP contribution is 2.07. The van der Waals surface area contributed by atoms with E-state index in [2.05, 4.69) is 21.2 Å². The van der Waals surface area contributed by atoms with E-state index in [1.807, 2.05) is 30.3 Å². The van der Waals surface area contributed by atoms with Crippen molar-refractivity contribution in [2.75, 3.05) is 0 Å². The molecule has 0 bridgehead atoms. The summed E-state index contributed by atoms with van der Waals surface area (Å²) < 4.78 is 4.93. The lowest BCUT2D eigenvalue weighted by atomic mass is 10.2.